The molecule has 144 valence electrons. The second-order valence-electron chi connectivity index (χ2n) is 7.58. The number of fused-ring (bicyclic) bond motifs is 1. The minimum absolute atomic E-state index is 0.135. The summed E-state index contributed by atoms with van der Waals surface area (Å²) in [6.45, 7) is 4.24. The number of rotatable bonds is 5. The Kier molecular flexibility index (Phi) is 5.32. The Morgan fingerprint density at radius 3 is 2.59 bits per heavy atom. The molecule has 0 spiro atoms. The van der Waals surface area contributed by atoms with Crippen LogP contribution in [-0.2, 0) is 4.79 Å². The number of hydrogen-bond acceptors (Lipinski definition) is 4. The fourth-order valence-corrected chi connectivity index (χ4v) is 4.75. The molecule has 3 heterocycles. The lowest BCUT2D eigenvalue weighted by atomic mass is 10.1. The van der Waals surface area contributed by atoms with E-state index in [1.807, 2.05) is 4.90 Å². The second kappa shape index (κ2) is 7.72. The molecule has 0 aliphatic carbocycles. The van der Waals surface area contributed by atoms with Crippen LogP contribution in [0.1, 0.15) is 52.8 Å². The van der Waals surface area contributed by atoms with E-state index >= 15 is 0 Å². The number of carbonyl (C=O) groups is 3. The number of halogens is 1. The number of nitrogens with zero attached hydrogens (tertiary/aromatic N) is 3. The molecule has 2 saturated heterocycles. The monoisotopic (exact) mass is 433 g/mol. The van der Waals surface area contributed by atoms with Crippen LogP contribution >= 0.6 is 15.9 Å². The first kappa shape index (κ1) is 18.6. The highest BCUT2D eigenvalue weighted by Gasteiger charge is 2.36. The lowest BCUT2D eigenvalue weighted by Gasteiger charge is -2.23. The molecule has 1 atom stereocenters. The third kappa shape index (κ3) is 3.67. The highest BCUT2D eigenvalue weighted by molar-refractivity contribution is 9.10. The first-order chi connectivity index (χ1) is 13.0. The number of benzene rings is 1. The van der Waals surface area contributed by atoms with Crippen LogP contribution < -0.4 is 0 Å². The van der Waals surface area contributed by atoms with E-state index in [-0.39, 0.29) is 17.7 Å². The molecule has 0 saturated carbocycles. The van der Waals surface area contributed by atoms with Crippen molar-refractivity contribution in [2.45, 2.75) is 38.1 Å². The summed E-state index contributed by atoms with van der Waals surface area (Å²) in [5.41, 5.74) is 0.885. The van der Waals surface area contributed by atoms with Crippen LogP contribution in [0.25, 0.3) is 0 Å². The summed E-state index contributed by atoms with van der Waals surface area (Å²) in [6.07, 6.45) is 4.47. The van der Waals surface area contributed by atoms with Crippen molar-refractivity contribution >= 4 is 33.7 Å². The molecule has 0 radical (unpaired) electrons. The third-order valence-corrected chi connectivity index (χ3v) is 6.37. The SMILES string of the molecule is O=C(CCCN1C(=O)c2ccc(Br)cc2C1=O)N1CCC(N2CCCC2)C1. The van der Waals surface area contributed by atoms with Crippen LogP contribution in [0.3, 0.4) is 0 Å². The summed E-state index contributed by atoms with van der Waals surface area (Å²) < 4.78 is 0.779. The summed E-state index contributed by atoms with van der Waals surface area (Å²) >= 11 is 3.34. The molecule has 6 nitrogen and oxygen atoms in total. The van der Waals surface area contributed by atoms with Gasteiger partial charge in [0.2, 0.25) is 5.91 Å². The van der Waals surface area contributed by atoms with Gasteiger partial charge in [-0.15, -0.1) is 0 Å². The van der Waals surface area contributed by atoms with Gasteiger partial charge in [0, 0.05) is 36.6 Å². The standard InChI is InChI=1S/C20H24BrN3O3/c21-14-5-6-16-17(12-14)20(27)24(19(16)26)10-3-4-18(25)23-11-7-15(13-23)22-8-1-2-9-22/h5-6,12,15H,1-4,7-11,13H2. The van der Waals surface area contributed by atoms with E-state index in [0.717, 1.165) is 37.1 Å². The maximum absolute atomic E-state index is 12.5. The highest BCUT2D eigenvalue weighted by atomic mass is 79.9. The molecule has 4 rings (SSSR count). The first-order valence-corrected chi connectivity index (χ1v) is 10.5. The van der Waals surface area contributed by atoms with Gasteiger partial charge in [0.15, 0.2) is 0 Å². The predicted octanol–water partition coefficient (Wildman–Crippen LogP) is 2.52. The number of amides is 3. The van der Waals surface area contributed by atoms with Crippen LogP contribution in [0.15, 0.2) is 22.7 Å². The zero-order valence-electron chi connectivity index (χ0n) is 15.3. The first-order valence-electron chi connectivity index (χ1n) is 9.72. The Balaban J connectivity index is 1.27. The van der Waals surface area contributed by atoms with Gasteiger partial charge in [-0.2, -0.15) is 0 Å². The summed E-state index contributed by atoms with van der Waals surface area (Å²) in [4.78, 5) is 43.1. The molecule has 0 N–H and O–H groups in total. The molecule has 2 fully saturated rings. The summed E-state index contributed by atoms with van der Waals surface area (Å²) in [6, 6.07) is 5.63. The van der Waals surface area contributed by atoms with Crippen LogP contribution in [0.2, 0.25) is 0 Å². The molecule has 7 heteroatoms. The van der Waals surface area contributed by atoms with Gasteiger partial charge >= 0.3 is 0 Å². The predicted molar refractivity (Wildman–Crippen MR) is 105 cm³/mol. The van der Waals surface area contributed by atoms with Gasteiger partial charge in [-0.25, -0.2) is 0 Å². The number of carbonyl (C=O) groups excluding carboxylic acids is 3. The van der Waals surface area contributed by atoms with E-state index in [9.17, 15) is 14.4 Å². The summed E-state index contributed by atoms with van der Waals surface area (Å²) in [5.74, 6) is -0.389. The lowest BCUT2D eigenvalue weighted by molar-refractivity contribution is -0.130. The molecule has 0 bridgehead atoms. The van der Waals surface area contributed by atoms with Crippen molar-refractivity contribution in [3.63, 3.8) is 0 Å². The molecule has 1 unspecified atom stereocenters. The number of imide groups is 1. The second-order valence-corrected chi connectivity index (χ2v) is 8.50. The Morgan fingerprint density at radius 2 is 1.81 bits per heavy atom. The Bertz CT molecular complexity index is 776. The molecule has 1 aromatic carbocycles. The van der Waals surface area contributed by atoms with Crippen molar-refractivity contribution in [1.29, 1.82) is 0 Å². The smallest absolute Gasteiger partial charge is 0.261 e. The van der Waals surface area contributed by atoms with E-state index in [2.05, 4.69) is 20.8 Å². The molecule has 3 amide bonds. The van der Waals surface area contributed by atoms with Crippen molar-refractivity contribution in [3.05, 3.63) is 33.8 Å². The molecular weight excluding hydrogens is 410 g/mol. The van der Waals surface area contributed by atoms with Crippen LogP contribution in [0, 0.1) is 0 Å². The van der Waals surface area contributed by atoms with Gasteiger partial charge in [0.05, 0.1) is 11.1 Å². The van der Waals surface area contributed by atoms with Crippen molar-refractivity contribution in [2.75, 3.05) is 32.7 Å². The van der Waals surface area contributed by atoms with E-state index < -0.39 is 0 Å². The average Bonchev–Trinajstić information content (AvgIpc) is 3.38. The normalized spacial score (nSPS) is 22.8. The van der Waals surface area contributed by atoms with Gasteiger partial charge in [-0.3, -0.25) is 24.2 Å². The van der Waals surface area contributed by atoms with E-state index in [4.69, 9.17) is 0 Å². The average molecular weight is 434 g/mol. The van der Waals surface area contributed by atoms with E-state index in [1.54, 1.807) is 18.2 Å². The zero-order chi connectivity index (χ0) is 19.0. The van der Waals surface area contributed by atoms with Gasteiger partial charge in [0.1, 0.15) is 0 Å². The number of likely N-dealkylation sites (tertiary alicyclic amines) is 2. The molecule has 3 aliphatic heterocycles. The van der Waals surface area contributed by atoms with E-state index in [0.29, 0.717) is 36.6 Å². The molecular formula is C20H24BrN3O3. The van der Waals surface area contributed by atoms with Crippen molar-refractivity contribution in [2.24, 2.45) is 0 Å². The minimum atomic E-state index is -0.265. The molecule has 27 heavy (non-hydrogen) atoms. The minimum Gasteiger partial charge on any atom is -0.341 e. The van der Waals surface area contributed by atoms with Crippen molar-refractivity contribution < 1.29 is 14.4 Å². The Morgan fingerprint density at radius 1 is 1.07 bits per heavy atom. The Hall–Kier alpha value is -1.73. The molecule has 1 aromatic rings. The fraction of sp³-hybridized carbons (Fsp3) is 0.550. The fourth-order valence-electron chi connectivity index (χ4n) is 4.39. The third-order valence-electron chi connectivity index (χ3n) is 5.88. The largest absolute Gasteiger partial charge is 0.341 e. The quantitative estimate of drug-likeness (QED) is 0.669. The maximum Gasteiger partial charge on any atom is 0.261 e. The molecule has 3 aliphatic rings. The van der Waals surface area contributed by atoms with Gasteiger partial charge in [-0.1, -0.05) is 15.9 Å². The van der Waals surface area contributed by atoms with Crippen molar-refractivity contribution in [1.82, 2.24) is 14.7 Å². The van der Waals surface area contributed by atoms with Crippen LogP contribution in [0.5, 0.6) is 0 Å². The maximum atomic E-state index is 12.5. The highest BCUT2D eigenvalue weighted by Crippen LogP contribution is 2.26. The van der Waals surface area contributed by atoms with Gasteiger partial charge < -0.3 is 4.90 Å². The lowest BCUT2D eigenvalue weighted by Crippen LogP contribution is -2.37. The topological polar surface area (TPSA) is 60.9 Å². The van der Waals surface area contributed by atoms with Gasteiger partial charge in [-0.05, 0) is 57.0 Å². The van der Waals surface area contributed by atoms with E-state index in [1.165, 1.54) is 17.7 Å². The zero-order valence-corrected chi connectivity index (χ0v) is 16.9. The Labute approximate surface area is 167 Å². The summed E-state index contributed by atoms with van der Waals surface area (Å²) in [5, 5.41) is 0. The summed E-state index contributed by atoms with van der Waals surface area (Å²) in [7, 11) is 0. The molecule has 0 aromatic heterocycles. The number of hydrogen-bond donors (Lipinski definition) is 0. The van der Waals surface area contributed by atoms with Crippen LogP contribution in [-0.4, -0.2) is 71.2 Å². The van der Waals surface area contributed by atoms with Crippen molar-refractivity contribution in [3.8, 4) is 0 Å². The van der Waals surface area contributed by atoms with Crippen LogP contribution in [0.4, 0.5) is 0 Å². The van der Waals surface area contributed by atoms with Gasteiger partial charge in [0.25, 0.3) is 11.8 Å².